The molecule has 5 heteroatoms. The molecule has 0 aliphatic carbocycles. The van der Waals surface area contributed by atoms with Crippen LogP contribution in [0.25, 0.3) is 10.2 Å². The number of thiophene rings is 1. The van der Waals surface area contributed by atoms with E-state index in [9.17, 15) is 0 Å². The Balaban J connectivity index is 2.18. The molecule has 0 saturated heterocycles. The van der Waals surface area contributed by atoms with Crippen LogP contribution in [0.15, 0.2) is 6.07 Å². The second-order valence-electron chi connectivity index (χ2n) is 4.42. The summed E-state index contributed by atoms with van der Waals surface area (Å²) in [4.78, 5) is 11.1. The Morgan fingerprint density at radius 3 is 2.88 bits per heavy atom. The van der Waals surface area contributed by atoms with Gasteiger partial charge in [0.1, 0.15) is 15.8 Å². The van der Waals surface area contributed by atoms with E-state index < -0.39 is 0 Å². The van der Waals surface area contributed by atoms with Crippen molar-refractivity contribution in [2.75, 3.05) is 5.75 Å². The Bertz CT molecular complexity index is 522. The zero-order valence-corrected chi connectivity index (χ0v) is 12.5. The number of rotatable bonds is 4. The summed E-state index contributed by atoms with van der Waals surface area (Å²) in [6.45, 7) is 6.50. The minimum Gasteiger partial charge on any atom is -0.221 e. The number of aryl methyl sites for hydroxylation is 1. The van der Waals surface area contributed by atoms with E-state index in [-0.39, 0.29) is 0 Å². The van der Waals surface area contributed by atoms with Crippen molar-refractivity contribution in [1.29, 1.82) is 0 Å². The number of aromatic nitrogens is 2. The summed E-state index contributed by atoms with van der Waals surface area (Å²) in [5.74, 6) is 3.51. The SMILES string of the molecule is Cc1cc2c(Cl)nc(CSCC(C)C)nc2s1. The van der Waals surface area contributed by atoms with Crippen LogP contribution in [0.4, 0.5) is 0 Å². The highest BCUT2D eigenvalue weighted by Crippen LogP contribution is 2.29. The number of nitrogens with zero attached hydrogens (tertiary/aromatic N) is 2. The molecule has 0 spiro atoms. The monoisotopic (exact) mass is 286 g/mol. The van der Waals surface area contributed by atoms with Crippen LogP contribution in [0.1, 0.15) is 24.5 Å². The van der Waals surface area contributed by atoms with Crippen LogP contribution >= 0.6 is 34.7 Å². The summed E-state index contributed by atoms with van der Waals surface area (Å²) in [7, 11) is 0. The van der Waals surface area contributed by atoms with Crippen molar-refractivity contribution in [3.63, 3.8) is 0 Å². The van der Waals surface area contributed by atoms with E-state index >= 15 is 0 Å². The van der Waals surface area contributed by atoms with E-state index in [1.165, 1.54) is 4.88 Å². The molecule has 17 heavy (non-hydrogen) atoms. The van der Waals surface area contributed by atoms with Crippen LogP contribution in [0.3, 0.4) is 0 Å². The molecule has 2 aromatic heterocycles. The summed E-state index contributed by atoms with van der Waals surface area (Å²) in [5.41, 5.74) is 0. The third kappa shape index (κ3) is 3.33. The molecule has 0 radical (unpaired) electrons. The Morgan fingerprint density at radius 2 is 2.18 bits per heavy atom. The Morgan fingerprint density at radius 1 is 1.41 bits per heavy atom. The third-order valence-electron chi connectivity index (χ3n) is 2.20. The second kappa shape index (κ2) is 5.55. The number of thioether (sulfide) groups is 1. The quantitative estimate of drug-likeness (QED) is 0.772. The molecule has 0 unspecified atom stereocenters. The molecule has 0 aliphatic rings. The van der Waals surface area contributed by atoms with Gasteiger partial charge >= 0.3 is 0 Å². The lowest BCUT2D eigenvalue weighted by Crippen LogP contribution is -1.96. The first-order valence-corrected chi connectivity index (χ1v) is 7.91. The molecule has 2 heterocycles. The van der Waals surface area contributed by atoms with Crippen LogP contribution in [0, 0.1) is 12.8 Å². The van der Waals surface area contributed by atoms with Crippen LogP contribution in [0.2, 0.25) is 5.15 Å². The molecule has 0 bridgehead atoms. The van der Waals surface area contributed by atoms with Gasteiger partial charge in [-0.15, -0.1) is 11.3 Å². The van der Waals surface area contributed by atoms with E-state index in [1.807, 2.05) is 17.8 Å². The average molecular weight is 287 g/mol. The molecular formula is C12H15ClN2S2. The first-order chi connectivity index (χ1) is 8.06. The maximum atomic E-state index is 6.16. The van der Waals surface area contributed by atoms with E-state index in [0.717, 1.165) is 27.5 Å². The van der Waals surface area contributed by atoms with Gasteiger partial charge in [-0.1, -0.05) is 25.4 Å². The van der Waals surface area contributed by atoms with Crippen LogP contribution in [-0.4, -0.2) is 15.7 Å². The molecule has 0 fully saturated rings. The van der Waals surface area contributed by atoms with Gasteiger partial charge in [-0.3, -0.25) is 0 Å². The molecule has 0 aromatic carbocycles. The Labute approximate surface area is 115 Å². The van der Waals surface area contributed by atoms with Crippen molar-refractivity contribution in [3.05, 3.63) is 21.9 Å². The van der Waals surface area contributed by atoms with Gasteiger partial charge in [0.15, 0.2) is 0 Å². The van der Waals surface area contributed by atoms with Crippen molar-refractivity contribution in [2.24, 2.45) is 5.92 Å². The highest BCUT2D eigenvalue weighted by atomic mass is 35.5. The van der Waals surface area contributed by atoms with Crippen molar-refractivity contribution >= 4 is 44.9 Å². The molecule has 0 aliphatic heterocycles. The van der Waals surface area contributed by atoms with Gasteiger partial charge in [-0.2, -0.15) is 11.8 Å². The molecule has 0 atom stereocenters. The van der Waals surface area contributed by atoms with Gasteiger partial charge in [0.25, 0.3) is 0 Å². The minimum atomic E-state index is 0.583. The summed E-state index contributed by atoms with van der Waals surface area (Å²) in [6.07, 6.45) is 0. The molecule has 0 saturated carbocycles. The van der Waals surface area contributed by atoms with E-state index in [2.05, 4.69) is 30.7 Å². The summed E-state index contributed by atoms with van der Waals surface area (Å²) in [6, 6.07) is 2.05. The molecule has 2 rings (SSSR count). The standard InChI is InChI=1S/C12H15ClN2S2/c1-7(2)5-16-6-10-14-11(13)9-4-8(3)17-12(9)15-10/h4,7H,5-6H2,1-3H3. The highest BCUT2D eigenvalue weighted by molar-refractivity contribution is 7.98. The lowest BCUT2D eigenvalue weighted by atomic mass is 10.3. The van der Waals surface area contributed by atoms with Crippen molar-refractivity contribution in [3.8, 4) is 0 Å². The van der Waals surface area contributed by atoms with Crippen molar-refractivity contribution < 1.29 is 0 Å². The van der Waals surface area contributed by atoms with E-state index in [4.69, 9.17) is 11.6 Å². The lowest BCUT2D eigenvalue weighted by molar-refractivity contribution is 0.750. The summed E-state index contributed by atoms with van der Waals surface area (Å²) < 4.78 is 0. The van der Waals surface area contributed by atoms with Gasteiger partial charge in [-0.05, 0) is 24.7 Å². The minimum absolute atomic E-state index is 0.583. The average Bonchev–Trinajstić information content (AvgIpc) is 2.58. The van der Waals surface area contributed by atoms with Gasteiger partial charge < -0.3 is 0 Å². The van der Waals surface area contributed by atoms with Gasteiger partial charge in [0.05, 0.1) is 5.75 Å². The van der Waals surface area contributed by atoms with Crippen molar-refractivity contribution in [2.45, 2.75) is 26.5 Å². The molecule has 0 N–H and O–H groups in total. The first kappa shape index (κ1) is 13.1. The molecule has 2 nitrogen and oxygen atoms in total. The fourth-order valence-electron chi connectivity index (χ4n) is 1.50. The Kier molecular flexibility index (Phi) is 4.28. The third-order valence-corrected chi connectivity index (χ3v) is 4.80. The number of fused-ring (bicyclic) bond motifs is 1. The van der Waals surface area contributed by atoms with Gasteiger partial charge in [0.2, 0.25) is 0 Å². The second-order valence-corrected chi connectivity index (χ2v) is 7.04. The lowest BCUT2D eigenvalue weighted by Gasteiger charge is -2.04. The maximum Gasteiger partial charge on any atom is 0.141 e. The van der Waals surface area contributed by atoms with Crippen LogP contribution in [0.5, 0.6) is 0 Å². The fourth-order valence-corrected chi connectivity index (χ4v) is 3.60. The van der Waals surface area contributed by atoms with Gasteiger partial charge in [-0.25, -0.2) is 9.97 Å². The number of halogens is 1. The zero-order valence-electron chi connectivity index (χ0n) is 10.2. The van der Waals surface area contributed by atoms with Crippen molar-refractivity contribution in [1.82, 2.24) is 9.97 Å². The van der Waals surface area contributed by atoms with E-state index in [1.54, 1.807) is 11.3 Å². The van der Waals surface area contributed by atoms with E-state index in [0.29, 0.717) is 11.1 Å². The molecule has 0 amide bonds. The predicted molar refractivity (Wildman–Crippen MR) is 78.2 cm³/mol. The number of hydrogen-bond acceptors (Lipinski definition) is 4. The number of hydrogen-bond donors (Lipinski definition) is 0. The van der Waals surface area contributed by atoms with Gasteiger partial charge in [0, 0.05) is 10.3 Å². The fraction of sp³-hybridized carbons (Fsp3) is 0.500. The van der Waals surface area contributed by atoms with Crippen LogP contribution < -0.4 is 0 Å². The largest absolute Gasteiger partial charge is 0.221 e. The highest BCUT2D eigenvalue weighted by Gasteiger charge is 2.09. The molecule has 2 aromatic rings. The topological polar surface area (TPSA) is 25.8 Å². The van der Waals surface area contributed by atoms with Crippen LogP contribution in [-0.2, 0) is 5.75 Å². The predicted octanol–water partition coefficient (Wildman–Crippen LogP) is 4.54. The smallest absolute Gasteiger partial charge is 0.141 e. The molecule has 92 valence electrons. The Hall–Kier alpha value is -0.320. The molecular weight excluding hydrogens is 272 g/mol. The normalized spacial score (nSPS) is 11.6. The first-order valence-electron chi connectivity index (χ1n) is 5.56. The maximum absolute atomic E-state index is 6.16. The zero-order chi connectivity index (χ0) is 12.4. The summed E-state index contributed by atoms with van der Waals surface area (Å²) in [5, 5.41) is 1.56. The summed E-state index contributed by atoms with van der Waals surface area (Å²) >= 11 is 9.70.